The van der Waals surface area contributed by atoms with Gasteiger partial charge in [0.25, 0.3) is 11.8 Å². The highest BCUT2D eigenvalue weighted by Gasteiger charge is 2.39. The van der Waals surface area contributed by atoms with Gasteiger partial charge in [0, 0.05) is 22.7 Å². The van der Waals surface area contributed by atoms with Gasteiger partial charge in [0.05, 0.1) is 26.2 Å². The standard InChI is InChI=1S/C15H13NO6S/c1-21-9-6-10-7(5-8(9)17)12-13(23-10)15(20)16(14(12)19)4-3-11(18)22-2/h5-6,17H,3-4H2,1-2H3. The molecule has 0 saturated heterocycles. The van der Waals surface area contributed by atoms with Gasteiger partial charge in [-0.25, -0.2) is 0 Å². The van der Waals surface area contributed by atoms with Crippen LogP contribution in [0.4, 0.5) is 0 Å². The van der Waals surface area contributed by atoms with Crippen LogP contribution >= 0.6 is 11.3 Å². The summed E-state index contributed by atoms with van der Waals surface area (Å²) in [5.74, 6) is -1.22. The van der Waals surface area contributed by atoms with Crippen LogP contribution in [-0.2, 0) is 9.53 Å². The number of esters is 1. The van der Waals surface area contributed by atoms with Crippen molar-refractivity contribution in [2.24, 2.45) is 0 Å². The smallest absolute Gasteiger partial charge is 0.307 e. The normalized spacial score (nSPS) is 13.6. The SMILES string of the molecule is COC(=O)CCN1C(=O)c2sc3cc(OC)c(O)cc3c2C1=O. The van der Waals surface area contributed by atoms with Crippen molar-refractivity contribution in [1.29, 1.82) is 0 Å². The summed E-state index contributed by atoms with van der Waals surface area (Å²) in [6, 6.07) is 3.01. The second kappa shape index (κ2) is 5.54. The molecule has 1 aliphatic heterocycles. The van der Waals surface area contributed by atoms with Crippen LogP contribution in [0.5, 0.6) is 11.5 Å². The minimum Gasteiger partial charge on any atom is -0.504 e. The minimum atomic E-state index is -0.493. The number of amides is 2. The highest BCUT2D eigenvalue weighted by atomic mass is 32.1. The molecule has 0 spiro atoms. The lowest BCUT2D eigenvalue weighted by Crippen LogP contribution is -2.32. The van der Waals surface area contributed by atoms with Crippen LogP contribution in [0, 0.1) is 0 Å². The Balaban J connectivity index is 2.00. The third kappa shape index (κ3) is 2.31. The average molecular weight is 335 g/mol. The summed E-state index contributed by atoms with van der Waals surface area (Å²) in [4.78, 5) is 37.4. The third-order valence-electron chi connectivity index (χ3n) is 3.66. The van der Waals surface area contributed by atoms with Crippen LogP contribution in [-0.4, -0.2) is 48.6 Å². The first-order valence-electron chi connectivity index (χ1n) is 6.74. The monoisotopic (exact) mass is 335 g/mol. The van der Waals surface area contributed by atoms with Crippen molar-refractivity contribution >= 4 is 39.2 Å². The molecule has 0 bridgehead atoms. The van der Waals surface area contributed by atoms with Crippen LogP contribution in [0.15, 0.2) is 12.1 Å². The molecule has 0 unspecified atom stereocenters. The Hall–Kier alpha value is -2.61. The summed E-state index contributed by atoms with van der Waals surface area (Å²) in [6.45, 7) is -0.0324. The number of carbonyl (C=O) groups is 3. The van der Waals surface area contributed by atoms with Crippen molar-refractivity contribution in [3.63, 3.8) is 0 Å². The Kier molecular flexibility index (Phi) is 3.69. The Morgan fingerprint density at radius 2 is 2.00 bits per heavy atom. The van der Waals surface area contributed by atoms with E-state index in [0.29, 0.717) is 15.0 Å². The van der Waals surface area contributed by atoms with E-state index in [0.717, 1.165) is 16.2 Å². The number of thiophene rings is 1. The van der Waals surface area contributed by atoms with E-state index in [1.807, 2.05) is 0 Å². The average Bonchev–Trinajstić information content (AvgIpc) is 3.01. The summed E-state index contributed by atoms with van der Waals surface area (Å²) < 4.78 is 10.2. The first-order chi connectivity index (χ1) is 11.0. The van der Waals surface area contributed by atoms with E-state index >= 15 is 0 Å². The molecular formula is C15H13NO6S. The maximum Gasteiger partial charge on any atom is 0.307 e. The van der Waals surface area contributed by atoms with E-state index in [2.05, 4.69) is 4.74 Å². The Morgan fingerprint density at radius 3 is 2.65 bits per heavy atom. The highest BCUT2D eigenvalue weighted by Crippen LogP contribution is 2.42. The van der Waals surface area contributed by atoms with Crippen LogP contribution < -0.4 is 4.74 Å². The van der Waals surface area contributed by atoms with Gasteiger partial charge in [0.2, 0.25) is 0 Å². The number of rotatable bonds is 4. The zero-order valence-electron chi connectivity index (χ0n) is 12.4. The molecule has 3 rings (SSSR count). The molecule has 0 saturated carbocycles. The molecule has 1 aromatic carbocycles. The molecule has 1 aliphatic rings. The highest BCUT2D eigenvalue weighted by molar-refractivity contribution is 7.21. The summed E-state index contributed by atoms with van der Waals surface area (Å²) in [6.07, 6.45) is -0.0556. The number of hydrogen-bond acceptors (Lipinski definition) is 7. The summed E-state index contributed by atoms with van der Waals surface area (Å²) >= 11 is 1.16. The fraction of sp³-hybridized carbons (Fsp3) is 0.267. The predicted molar refractivity (Wildman–Crippen MR) is 82.0 cm³/mol. The first kappa shape index (κ1) is 15.3. The van der Waals surface area contributed by atoms with Crippen molar-refractivity contribution in [2.75, 3.05) is 20.8 Å². The minimum absolute atomic E-state index is 0.0324. The van der Waals surface area contributed by atoms with Crippen LogP contribution in [0.2, 0.25) is 0 Å². The zero-order chi connectivity index (χ0) is 16.7. The summed E-state index contributed by atoms with van der Waals surface area (Å²) in [5.41, 5.74) is 0.262. The molecule has 1 N–H and O–H groups in total. The molecule has 2 heterocycles. The zero-order valence-corrected chi connectivity index (χ0v) is 13.2. The number of imide groups is 1. The van der Waals surface area contributed by atoms with E-state index < -0.39 is 17.8 Å². The van der Waals surface area contributed by atoms with Crippen molar-refractivity contribution < 1.29 is 29.0 Å². The molecule has 1 aromatic heterocycles. The predicted octanol–water partition coefficient (Wildman–Crippen LogP) is 1.77. The molecule has 2 amide bonds. The lowest BCUT2D eigenvalue weighted by molar-refractivity contribution is -0.140. The van der Waals surface area contributed by atoms with Gasteiger partial charge in [0.15, 0.2) is 11.5 Å². The van der Waals surface area contributed by atoms with Crippen LogP contribution in [0.25, 0.3) is 10.1 Å². The Morgan fingerprint density at radius 1 is 1.26 bits per heavy atom. The maximum absolute atomic E-state index is 12.5. The molecule has 120 valence electrons. The third-order valence-corrected chi connectivity index (χ3v) is 4.80. The number of methoxy groups -OCH3 is 2. The van der Waals surface area contributed by atoms with Crippen LogP contribution in [0.1, 0.15) is 26.5 Å². The molecule has 7 nitrogen and oxygen atoms in total. The van der Waals surface area contributed by atoms with Crippen molar-refractivity contribution in [3.8, 4) is 11.5 Å². The van der Waals surface area contributed by atoms with Gasteiger partial charge >= 0.3 is 5.97 Å². The molecule has 8 heteroatoms. The number of phenolic OH excluding ortho intramolecular Hbond substituents is 1. The number of benzene rings is 1. The number of nitrogens with zero attached hydrogens (tertiary/aromatic N) is 1. The summed E-state index contributed by atoms with van der Waals surface area (Å²) in [5, 5.41) is 10.4. The number of aromatic hydroxyl groups is 1. The van der Waals surface area contributed by atoms with Gasteiger partial charge < -0.3 is 14.6 Å². The molecule has 23 heavy (non-hydrogen) atoms. The number of ether oxygens (including phenoxy) is 2. The number of carbonyl (C=O) groups excluding carboxylic acids is 3. The molecule has 0 atom stereocenters. The van der Waals surface area contributed by atoms with Crippen LogP contribution in [0.3, 0.4) is 0 Å². The van der Waals surface area contributed by atoms with Crippen molar-refractivity contribution in [2.45, 2.75) is 6.42 Å². The van der Waals surface area contributed by atoms with E-state index in [9.17, 15) is 19.5 Å². The van der Waals surface area contributed by atoms with E-state index in [4.69, 9.17) is 4.74 Å². The fourth-order valence-electron chi connectivity index (χ4n) is 2.50. The topological polar surface area (TPSA) is 93.1 Å². The number of phenols is 1. The number of fused-ring (bicyclic) bond motifs is 3. The fourth-order valence-corrected chi connectivity index (χ4v) is 3.65. The quantitative estimate of drug-likeness (QED) is 0.676. The van der Waals surface area contributed by atoms with Crippen molar-refractivity contribution in [3.05, 3.63) is 22.6 Å². The summed E-state index contributed by atoms with van der Waals surface area (Å²) in [7, 11) is 2.67. The number of hydrogen-bond donors (Lipinski definition) is 1. The van der Waals surface area contributed by atoms with Gasteiger partial charge in [-0.3, -0.25) is 19.3 Å². The molecule has 0 fully saturated rings. The second-order valence-electron chi connectivity index (χ2n) is 4.91. The maximum atomic E-state index is 12.5. The molecule has 0 aliphatic carbocycles. The van der Waals surface area contributed by atoms with E-state index in [-0.39, 0.29) is 30.0 Å². The molecule has 2 aromatic rings. The van der Waals surface area contributed by atoms with E-state index in [1.54, 1.807) is 6.07 Å². The molecule has 0 radical (unpaired) electrons. The van der Waals surface area contributed by atoms with Crippen molar-refractivity contribution in [1.82, 2.24) is 4.90 Å². The molecular weight excluding hydrogens is 322 g/mol. The van der Waals surface area contributed by atoms with E-state index in [1.165, 1.54) is 20.3 Å². The van der Waals surface area contributed by atoms with Gasteiger partial charge in [0.1, 0.15) is 4.88 Å². The first-order valence-corrected chi connectivity index (χ1v) is 7.56. The van der Waals surface area contributed by atoms with Gasteiger partial charge in [-0.2, -0.15) is 0 Å². The largest absolute Gasteiger partial charge is 0.504 e. The van der Waals surface area contributed by atoms with Gasteiger partial charge in [-0.1, -0.05) is 0 Å². The van der Waals surface area contributed by atoms with Gasteiger partial charge in [-0.15, -0.1) is 11.3 Å². The Labute approximate surface area is 135 Å². The second-order valence-corrected chi connectivity index (χ2v) is 5.97. The lowest BCUT2D eigenvalue weighted by atomic mass is 10.1. The van der Waals surface area contributed by atoms with Gasteiger partial charge in [-0.05, 0) is 6.07 Å². The Bertz CT molecular complexity index is 840. The lowest BCUT2D eigenvalue weighted by Gasteiger charge is -2.13.